The molecule has 10 aromatic carbocycles. The molecule has 5 heteroatoms. The van der Waals surface area contributed by atoms with Gasteiger partial charge in [0.15, 0.2) is 5.58 Å². The van der Waals surface area contributed by atoms with Crippen molar-refractivity contribution < 1.29 is 4.42 Å². The van der Waals surface area contributed by atoms with E-state index in [9.17, 15) is 0 Å². The second-order valence-electron chi connectivity index (χ2n) is 25.3. The first-order valence-corrected chi connectivity index (χ1v) is 28.7. The van der Waals surface area contributed by atoms with Crippen LogP contribution in [0.2, 0.25) is 0 Å². The molecule has 392 valence electrons. The summed E-state index contributed by atoms with van der Waals surface area (Å²) < 4.78 is 7.34. The maximum atomic E-state index is 7.34. The average molecular weight is 1040 g/mol. The lowest BCUT2D eigenvalue weighted by atomic mass is 9.33. The number of furan rings is 1. The lowest BCUT2D eigenvalue weighted by molar-refractivity contribution is 0.332. The first kappa shape index (κ1) is 49.7. The van der Waals surface area contributed by atoms with Crippen LogP contribution in [0.4, 0.5) is 51.2 Å². The smallest absolute Gasteiger partial charge is 0.252 e. The third-order valence-electron chi connectivity index (χ3n) is 18.2. The number of fused-ring (bicyclic) bond motifs is 9. The van der Waals surface area contributed by atoms with Gasteiger partial charge in [0.2, 0.25) is 0 Å². The van der Waals surface area contributed by atoms with Crippen LogP contribution >= 0.6 is 0 Å². The standard InChI is InChI=1S/C75H68BN3O/c1-47-23-17-20-30-62(47)77(63-31-21-18-24-48(63)2)54-44-67-70-68(45-54)79(64-38-34-53(73(4,5)6)43-57(64)51-27-15-12-16-28-51)71-60(36-35-56-55-29-19-22-32-69(55)80-72(56)71)76(70)61-42-52(50-25-13-11-14-26-50)33-37-65(61)78(67)66-46-59-58(41-49(66)3)74(7,8)39-40-75(59,9)10/h11-38,41-46H,39-40H2,1-10H3. The SMILES string of the molecule is Cc1ccccc1N(c1cc2c3c(c1)N(c1ccc(C(C)(C)C)cc1-c1ccccc1)c1c(ccc4c1oc1ccccc14)B3c1cc(-c3ccccc3)ccc1N2c1cc2c(cc1C)C(C)(C)CCC2(C)C)c1ccccc1C. The molecule has 1 aliphatic carbocycles. The van der Waals surface area contributed by atoms with E-state index in [-0.39, 0.29) is 23.0 Å². The third kappa shape index (κ3) is 7.79. The molecular formula is C75H68BN3O. The maximum absolute atomic E-state index is 7.34. The molecule has 0 radical (unpaired) electrons. The number of hydrogen-bond donors (Lipinski definition) is 0. The van der Waals surface area contributed by atoms with Crippen molar-refractivity contribution in [3.05, 3.63) is 240 Å². The van der Waals surface area contributed by atoms with Crippen LogP contribution in [0.1, 0.15) is 94.7 Å². The molecule has 0 N–H and O–H groups in total. The number of rotatable bonds is 7. The van der Waals surface area contributed by atoms with Crippen LogP contribution in [0.15, 0.2) is 211 Å². The van der Waals surface area contributed by atoms with Crippen LogP contribution in [0.25, 0.3) is 44.2 Å². The van der Waals surface area contributed by atoms with E-state index in [0.29, 0.717) is 0 Å². The Hall–Kier alpha value is -8.54. The van der Waals surface area contributed by atoms with E-state index < -0.39 is 0 Å². The Bertz CT molecular complexity index is 4250. The molecule has 1 aromatic heterocycles. The third-order valence-corrected chi connectivity index (χ3v) is 18.2. The molecule has 2 aliphatic heterocycles. The largest absolute Gasteiger partial charge is 0.454 e. The van der Waals surface area contributed by atoms with Gasteiger partial charge >= 0.3 is 0 Å². The zero-order chi connectivity index (χ0) is 55.0. The van der Waals surface area contributed by atoms with E-state index >= 15 is 0 Å². The van der Waals surface area contributed by atoms with Crippen molar-refractivity contribution in [3.63, 3.8) is 0 Å². The molecule has 0 bridgehead atoms. The highest BCUT2D eigenvalue weighted by Gasteiger charge is 2.47. The van der Waals surface area contributed by atoms with Gasteiger partial charge in [0, 0.05) is 50.5 Å². The van der Waals surface area contributed by atoms with Crippen LogP contribution in [0.3, 0.4) is 0 Å². The van der Waals surface area contributed by atoms with Gasteiger partial charge in [-0.1, -0.05) is 200 Å². The minimum absolute atomic E-state index is 0.0138. The Morgan fingerprint density at radius 2 is 1.05 bits per heavy atom. The molecule has 0 saturated carbocycles. The van der Waals surface area contributed by atoms with Gasteiger partial charge in [0.05, 0.1) is 17.1 Å². The number of hydrogen-bond acceptors (Lipinski definition) is 4. The van der Waals surface area contributed by atoms with Crippen LogP contribution in [-0.4, -0.2) is 6.71 Å². The molecule has 0 spiro atoms. The molecular weight excluding hydrogens is 970 g/mol. The van der Waals surface area contributed by atoms with Crippen molar-refractivity contribution in [2.45, 2.75) is 98.3 Å². The zero-order valence-electron chi connectivity index (χ0n) is 47.9. The minimum atomic E-state index is -0.180. The fourth-order valence-corrected chi connectivity index (χ4v) is 13.7. The molecule has 0 atom stereocenters. The van der Waals surface area contributed by atoms with Crippen molar-refractivity contribution in [1.82, 2.24) is 0 Å². The van der Waals surface area contributed by atoms with Crippen molar-refractivity contribution in [2.24, 2.45) is 0 Å². The number of para-hydroxylation sites is 3. The molecule has 0 fully saturated rings. The topological polar surface area (TPSA) is 22.9 Å². The summed E-state index contributed by atoms with van der Waals surface area (Å²) in [5, 5.41) is 2.21. The van der Waals surface area contributed by atoms with Crippen molar-refractivity contribution in [1.29, 1.82) is 0 Å². The van der Waals surface area contributed by atoms with Crippen LogP contribution in [0.5, 0.6) is 0 Å². The molecule has 14 rings (SSSR count). The predicted molar refractivity (Wildman–Crippen MR) is 341 cm³/mol. The highest BCUT2D eigenvalue weighted by atomic mass is 16.3. The molecule has 0 unspecified atom stereocenters. The van der Waals surface area contributed by atoms with Gasteiger partial charge < -0.3 is 19.1 Å². The quantitative estimate of drug-likeness (QED) is 0.148. The van der Waals surface area contributed by atoms with E-state index in [1.165, 1.54) is 83.5 Å². The maximum Gasteiger partial charge on any atom is 0.252 e. The van der Waals surface area contributed by atoms with Crippen LogP contribution < -0.4 is 31.1 Å². The minimum Gasteiger partial charge on any atom is -0.454 e. The van der Waals surface area contributed by atoms with Crippen LogP contribution in [0, 0.1) is 20.8 Å². The first-order valence-electron chi connectivity index (χ1n) is 28.7. The molecule has 0 saturated heterocycles. The van der Waals surface area contributed by atoms with Gasteiger partial charge in [-0.05, 0) is 171 Å². The van der Waals surface area contributed by atoms with E-state index in [1.807, 2.05) is 0 Å². The average Bonchev–Trinajstić information content (AvgIpc) is 3.92. The van der Waals surface area contributed by atoms with Gasteiger partial charge in [0.25, 0.3) is 6.71 Å². The summed E-state index contributed by atoms with van der Waals surface area (Å²) >= 11 is 0. The fourth-order valence-electron chi connectivity index (χ4n) is 13.7. The fraction of sp³-hybridized carbons (Fsp3) is 0.200. The Morgan fingerprint density at radius 1 is 0.463 bits per heavy atom. The molecule has 3 aliphatic rings. The lowest BCUT2D eigenvalue weighted by Crippen LogP contribution is -2.61. The van der Waals surface area contributed by atoms with Gasteiger partial charge in [-0.3, -0.25) is 0 Å². The van der Waals surface area contributed by atoms with E-state index in [4.69, 9.17) is 4.42 Å². The number of nitrogens with zero attached hydrogens (tertiary/aromatic N) is 3. The Balaban J connectivity index is 1.18. The summed E-state index contributed by atoms with van der Waals surface area (Å²) in [6, 6.07) is 77.7. The summed E-state index contributed by atoms with van der Waals surface area (Å²) in [5.74, 6) is 0. The monoisotopic (exact) mass is 1040 g/mol. The predicted octanol–water partition coefficient (Wildman–Crippen LogP) is 19.0. The molecule has 0 amide bonds. The highest BCUT2D eigenvalue weighted by Crippen LogP contribution is 2.55. The summed E-state index contributed by atoms with van der Waals surface area (Å²) in [6.45, 7) is 23.4. The lowest BCUT2D eigenvalue weighted by Gasteiger charge is -2.47. The highest BCUT2D eigenvalue weighted by molar-refractivity contribution is 7.00. The van der Waals surface area contributed by atoms with E-state index in [2.05, 4.69) is 290 Å². The van der Waals surface area contributed by atoms with E-state index in [0.717, 1.165) is 74.5 Å². The second kappa shape index (κ2) is 18.3. The number of benzene rings is 10. The van der Waals surface area contributed by atoms with Gasteiger partial charge in [-0.15, -0.1) is 0 Å². The van der Waals surface area contributed by atoms with Gasteiger partial charge in [-0.25, -0.2) is 0 Å². The summed E-state index contributed by atoms with van der Waals surface area (Å²) in [7, 11) is 0. The normalized spacial score (nSPS) is 14.9. The summed E-state index contributed by atoms with van der Waals surface area (Å²) in [5.41, 5.74) is 28.2. The second-order valence-corrected chi connectivity index (χ2v) is 25.3. The summed E-state index contributed by atoms with van der Waals surface area (Å²) in [4.78, 5) is 7.79. The molecule has 3 heterocycles. The Labute approximate surface area is 473 Å². The molecule has 11 aromatic rings. The number of anilines is 9. The zero-order valence-corrected chi connectivity index (χ0v) is 47.9. The van der Waals surface area contributed by atoms with Crippen LogP contribution in [-0.2, 0) is 16.2 Å². The Kier molecular flexibility index (Phi) is 11.4. The van der Waals surface area contributed by atoms with Gasteiger partial charge in [0.1, 0.15) is 5.58 Å². The molecule has 4 nitrogen and oxygen atoms in total. The first-order chi connectivity index (χ1) is 38.6. The summed E-state index contributed by atoms with van der Waals surface area (Å²) in [6.07, 6.45) is 2.28. The molecule has 80 heavy (non-hydrogen) atoms. The Morgan fingerprint density at radius 3 is 1.71 bits per heavy atom. The van der Waals surface area contributed by atoms with Gasteiger partial charge in [-0.2, -0.15) is 0 Å². The van der Waals surface area contributed by atoms with Crippen molar-refractivity contribution in [2.75, 3.05) is 14.7 Å². The number of aryl methyl sites for hydroxylation is 3. The van der Waals surface area contributed by atoms with Crippen molar-refractivity contribution in [3.8, 4) is 22.3 Å². The van der Waals surface area contributed by atoms with E-state index in [1.54, 1.807) is 0 Å². The van der Waals surface area contributed by atoms with Crippen molar-refractivity contribution >= 4 is 96.2 Å².